The van der Waals surface area contributed by atoms with Gasteiger partial charge in [0.25, 0.3) is 0 Å². The van der Waals surface area contributed by atoms with Crippen LogP contribution >= 0.6 is 11.3 Å². The van der Waals surface area contributed by atoms with Gasteiger partial charge in [-0.25, -0.2) is 4.98 Å². The molecule has 0 aliphatic heterocycles. The van der Waals surface area contributed by atoms with Crippen LogP contribution < -0.4 is 10.5 Å². The van der Waals surface area contributed by atoms with Crippen molar-refractivity contribution in [1.29, 1.82) is 0 Å². The fourth-order valence-corrected chi connectivity index (χ4v) is 2.80. The minimum absolute atomic E-state index is 0.154. The molecule has 0 aliphatic carbocycles. The largest absolute Gasteiger partial charge is 0.496 e. The third-order valence-corrected chi connectivity index (χ3v) is 3.61. The van der Waals surface area contributed by atoms with Crippen molar-refractivity contribution in [3.8, 4) is 17.0 Å². The van der Waals surface area contributed by atoms with Gasteiger partial charge in [0.1, 0.15) is 5.75 Å². The molecule has 0 amide bonds. The molecule has 2 N–H and O–H groups in total. The lowest BCUT2D eigenvalue weighted by atomic mass is 10.1. The lowest BCUT2D eigenvalue weighted by Gasteiger charge is -2.05. The molecule has 2 rings (SSSR count). The second kappa shape index (κ2) is 5.50. The summed E-state index contributed by atoms with van der Waals surface area (Å²) < 4.78 is 5.26. The SMILES string of the molecule is COc1ccc(-c2csc(CC(C)N)n2)cc1C. The van der Waals surface area contributed by atoms with Crippen LogP contribution in [-0.4, -0.2) is 18.1 Å². The Morgan fingerprint density at radius 1 is 1.44 bits per heavy atom. The number of rotatable bonds is 4. The number of aromatic nitrogens is 1. The highest BCUT2D eigenvalue weighted by atomic mass is 32.1. The maximum atomic E-state index is 5.78. The molecule has 1 atom stereocenters. The molecule has 3 nitrogen and oxygen atoms in total. The van der Waals surface area contributed by atoms with Gasteiger partial charge in [-0.05, 0) is 37.6 Å². The Hall–Kier alpha value is -1.39. The fraction of sp³-hybridized carbons (Fsp3) is 0.357. The predicted octanol–water partition coefficient (Wildman–Crippen LogP) is 3.02. The average Bonchev–Trinajstić information content (AvgIpc) is 2.76. The molecule has 0 bridgehead atoms. The van der Waals surface area contributed by atoms with E-state index in [2.05, 4.69) is 16.4 Å². The van der Waals surface area contributed by atoms with Crippen molar-refractivity contribution in [3.05, 3.63) is 34.2 Å². The van der Waals surface area contributed by atoms with Crippen molar-refractivity contribution < 1.29 is 4.74 Å². The first-order valence-electron chi connectivity index (χ1n) is 5.95. The second-order valence-corrected chi connectivity index (χ2v) is 5.43. The number of nitrogens with two attached hydrogens (primary N) is 1. The molecule has 2 aromatic rings. The average molecular weight is 262 g/mol. The van der Waals surface area contributed by atoms with E-state index in [0.717, 1.165) is 34.0 Å². The van der Waals surface area contributed by atoms with Gasteiger partial charge < -0.3 is 10.5 Å². The molecule has 1 unspecified atom stereocenters. The number of thiazole rings is 1. The van der Waals surface area contributed by atoms with Gasteiger partial charge in [0.2, 0.25) is 0 Å². The Morgan fingerprint density at radius 2 is 2.22 bits per heavy atom. The molecule has 0 aliphatic rings. The number of nitrogens with zero attached hydrogens (tertiary/aromatic N) is 1. The minimum Gasteiger partial charge on any atom is -0.496 e. The molecule has 96 valence electrons. The van der Waals surface area contributed by atoms with Gasteiger partial charge in [-0.1, -0.05) is 0 Å². The zero-order chi connectivity index (χ0) is 13.1. The second-order valence-electron chi connectivity index (χ2n) is 4.49. The predicted molar refractivity (Wildman–Crippen MR) is 76.2 cm³/mol. The van der Waals surface area contributed by atoms with Gasteiger partial charge in [0.05, 0.1) is 17.8 Å². The Kier molecular flexibility index (Phi) is 3.99. The van der Waals surface area contributed by atoms with Crippen molar-refractivity contribution >= 4 is 11.3 Å². The number of methoxy groups -OCH3 is 1. The first kappa shape index (κ1) is 13.1. The number of benzene rings is 1. The Balaban J connectivity index is 2.26. The normalized spacial score (nSPS) is 12.4. The highest BCUT2D eigenvalue weighted by molar-refractivity contribution is 7.09. The van der Waals surface area contributed by atoms with E-state index in [0.29, 0.717) is 0 Å². The van der Waals surface area contributed by atoms with Crippen LogP contribution in [0.4, 0.5) is 0 Å². The van der Waals surface area contributed by atoms with E-state index in [1.54, 1.807) is 18.4 Å². The van der Waals surface area contributed by atoms with E-state index in [1.807, 2.05) is 26.0 Å². The highest BCUT2D eigenvalue weighted by Crippen LogP contribution is 2.27. The molecular weight excluding hydrogens is 244 g/mol. The van der Waals surface area contributed by atoms with Crippen molar-refractivity contribution in [2.24, 2.45) is 5.73 Å². The molecule has 18 heavy (non-hydrogen) atoms. The van der Waals surface area contributed by atoms with E-state index >= 15 is 0 Å². The third-order valence-electron chi connectivity index (χ3n) is 2.74. The van der Waals surface area contributed by atoms with Crippen molar-refractivity contribution in [3.63, 3.8) is 0 Å². The van der Waals surface area contributed by atoms with E-state index in [-0.39, 0.29) is 6.04 Å². The molecular formula is C14H18N2OS. The molecule has 0 fully saturated rings. The topological polar surface area (TPSA) is 48.1 Å². The summed E-state index contributed by atoms with van der Waals surface area (Å²) in [5.74, 6) is 0.907. The van der Waals surface area contributed by atoms with Gasteiger partial charge in [-0.15, -0.1) is 11.3 Å². The van der Waals surface area contributed by atoms with Crippen LogP contribution in [0, 0.1) is 6.92 Å². The molecule has 4 heteroatoms. The fourth-order valence-electron chi connectivity index (χ4n) is 1.85. The van der Waals surface area contributed by atoms with Crippen LogP contribution in [0.2, 0.25) is 0 Å². The lowest BCUT2D eigenvalue weighted by molar-refractivity contribution is 0.412. The van der Waals surface area contributed by atoms with E-state index in [4.69, 9.17) is 10.5 Å². The van der Waals surface area contributed by atoms with Gasteiger partial charge >= 0.3 is 0 Å². The van der Waals surface area contributed by atoms with E-state index in [1.165, 1.54) is 0 Å². The standard InChI is InChI=1S/C14H18N2OS/c1-9-6-11(4-5-13(9)17-3)12-8-18-14(16-12)7-10(2)15/h4-6,8,10H,7,15H2,1-3H3. The number of hydrogen-bond acceptors (Lipinski definition) is 4. The lowest BCUT2D eigenvalue weighted by Crippen LogP contribution is -2.17. The summed E-state index contributed by atoms with van der Waals surface area (Å²) in [5.41, 5.74) is 9.05. The zero-order valence-corrected chi connectivity index (χ0v) is 11.8. The number of aryl methyl sites for hydroxylation is 1. The molecule has 1 aromatic heterocycles. The summed E-state index contributed by atoms with van der Waals surface area (Å²) in [5, 5.41) is 3.17. The summed E-state index contributed by atoms with van der Waals surface area (Å²) >= 11 is 1.67. The summed E-state index contributed by atoms with van der Waals surface area (Å²) in [6, 6.07) is 6.27. The van der Waals surface area contributed by atoms with Crippen molar-refractivity contribution in [2.45, 2.75) is 26.3 Å². The number of ether oxygens (including phenoxy) is 1. The van der Waals surface area contributed by atoms with Crippen LogP contribution in [0.15, 0.2) is 23.6 Å². The monoisotopic (exact) mass is 262 g/mol. The third kappa shape index (κ3) is 2.89. The maximum Gasteiger partial charge on any atom is 0.121 e. The Bertz CT molecular complexity index is 534. The van der Waals surface area contributed by atoms with Crippen LogP contribution in [0.25, 0.3) is 11.3 Å². The summed E-state index contributed by atoms with van der Waals surface area (Å²) in [4.78, 5) is 4.61. The Labute approximate surface area is 112 Å². The molecule has 0 radical (unpaired) electrons. The van der Waals surface area contributed by atoms with Crippen molar-refractivity contribution in [1.82, 2.24) is 4.98 Å². The first-order valence-corrected chi connectivity index (χ1v) is 6.83. The zero-order valence-electron chi connectivity index (χ0n) is 10.9. The van der Waals surface area contributed by atoms with Gasteiger partial charge in [0.15, 0.2) is 0 Å². The quantitative estimate of drug-likeness (QED) is 0.921. The number of hydrogen-bond donors (Lipinski definition) is 1. The molecule has 1 heterocycles. The Morgan fingerprint density at radius 3 is 2.83 bits per heavy atom. The molecule has 0 saturated carbocycles. The maximum absolute atomic E-state index is 5.78. The van der Waals surface area contributed by atoms with Gasteiger partial charge in [-0.3, -0.25) is 0 Å². The van der Waals surface area contributed by atoms with E-state index < -0.39 is 0 Å². The molecule has 0 saturated heterocycles. The first-order chi connectivity index (χ1) is 8.60. The minimum atomic E-state index is 0.154. The van der Waals surface area contributed by atoms with Crippen LogP contribution in [-0.2, 0) is 6.42 Å². The summed E-state index contributed by atoms with van der Waals surface area (Å²) in [6.07, 6.45) is 0.833. The van der Waals surface area contributed by atoms with Crippen LogP contribution in [0.1, 0.15) is 17.5 Å². The molecule has 1 aromatic carbocycles. The van der Waals surface area contributed by atoms with Crippen molar-refractivity contribution in [2.75, 3.05) is 7.11 Å². The smallest absolute Gasteiger partial charge is 0.121 e. The molecule has 0 spiro atoms. The van der Waals surface area contributed by atoms with E-state index in [9.17, 15) is 0 Å². The van der Waals surface area contributed by atoms with Crippen LogP contribution in [0.5, 0.6) is 5.75 Å². The van der Waals surface area contributed by atoms with Crippen LogP contribution in [0.3, 0.4) is 0 Å². The highest BCUT2D eigenvalue weighted by Gasteiger charge is 2.08. The van der Waals surface area contributed by atoms with Gasteiger partial charge in [-0.2, -0.15) is 0 Å². The summed E-state index contributed by atoms with van der Waals surface area (Å²) in [7, 11) is 1.69. The summed E-state index contributed by atoms with van der Waals surface area (Å²) in [6.45, 7) is 4.04. The van der Waals surface area contributed by atoms with Gasteiger partial charge in [0, 0.05) is 23.4 Å².